The molecule has 31 heavy (non-hydrogen) atoms. The van der Waals surface area contributed by atoms with Crippen LogP contribution in [0.15, 0.2) is 47.4 Å². The van der Waals surface area contributed by atoms with Crippen molar-refractivity contribution in [1.82, 2.24) is 4.90 Å². The SMILES string of the molecule is CCOC(=O)c1cccc(NS(=O)(=O)c2ccc(OC)c(C(=O)N3CCOCC3)c2)c1. The number of nitrogens with zero attached hydrogens (tertiary/aromatic N) is 1. The molecule has 1 saturated heterocycles. The number of hydrogen-bond donors (Lipinski definition) is 1. The molecule has 0 spiro atoms. The van der Waals surface area contributed by atoms with Crippen molar-refractivity contribution in [2.24, 2.45) is 0 Å². The summed E-state index contributed by atoms with van der Waals surface area (Å²) in [7, 11) is -2.62. The second-order valence-electron chi connectivity index (χ2n) is 6.67. The Morgan fingerprint density at radius 3 is 2.55 bits per heavy atom. The van der Waals surface area contributed by atoms with Gasteiger partial charge in [0.1, 0.15) is 5.75 Å². The van der Waals surface area contributed by atoms with Crippen LogP contribution in [-0.4, -0.2) is 65.2 Å². The van der Waals surface area contributed by atoms with Gasteiger partial charge in [-0.25, -0.2) is 13.2 Å². The van der Waals surface area contributed by atoms with Crippen molar-refractivity contribution in [2.45, 2.75) is 11.8 Å². The van der Waals surface area contributed by atoms with Gasteiger partial charge in [-0.15, -0.1) is 0 Å². The zero-order valence-electron chi connectivity index (χ0n) is 17.3. The molecule has 3 rings (SSSR count). The Kier molecular flexibility index (Phi) is 7.13. The third-order valence-corrected chi connectivity index (χ3v) is 6.01. The third kappa shape index (κ3) is 5.33. The minimum Gasteiger partial charge on any atom is -0.496 e. The molecule has 166 valence electrons. The van der Waals surface area contributed by atoms with E-state index in [4.69, 9.17) is 14.2 Å². The minimum absolute atomic E-state index is 0.105. The predicted octanol–water partition coefficient (Wildman–Crippen LogP) is 2.15. The molecule has 0 aliphatic carbocycles. The van der Waals surface area contributed by atoms with E-state index in [-0.39, 0.29) is 40.0 Å². The summed E-state index contributed by atoms with van der Waals surface area (Å²) >= 11 is 0. The number of methoxy groups -OCH3 is 1. The molecule has 1 aliphatic rings. The summed E-state index contributed by atoms with van der Waals surface area (Å²) in [4.78, 5) is 26.3. The van der Waals surface area contributed by atoms with Crippen molar-refractivity contribution in [3.63, 3.8) is 0 Å². The van der Waals surface area contributed by atoms with Crippen LogP contribution < -0.4 is 9.46 Å². The fraction of sp³-hybridized carbons (Fsp3) is 0.333. The number of carbonyl (C=O) groups is 2. The van der Waals surface area contributed by atoms with Crippen LogP contribution in [0.4, 0.5) is 5.69 Å². The quantitative estimate of drug-likeness (QED) is 0.646. The van der Waals surface area contributed by atoms with E-state index in [9.17, 15) is 18.0 Å². The van der Waals surface area contributed by atoms with Crippen LogP contribution in [0.3, 0.4) is 0 Å². The van der Waals surface area contributed by atoms with Gasteiger partial charge in [-0.3, -0.25) is 9.52 Å². The first-order chi connectivity index (χ1) is 14.9. The number of nitrogens with one attached hydrogen (secondary N) is 1. The van der Waals surface area contributed by atoms with Gasteiger partial charge in [0, 0.05) is 18.8 Å². The zero-order valence-corrected chi connectivity index (χ0v) is 18.1. The molecule has 1 amide bonds. The normalized spacial score (nSPS) is 14.1. The van der Waals surface area contributed by atoms with Gasteiger partial charge in [0.2, 0.25) is 0 Å². The summed E-state index contributed by atoms with van der Waals surface area (Å²) in [6.07, 6.45) is 0. The number of esters is 1. The van der Waals surface area contributed by atoms with Crippen molar-refractivity contribution >= 4 is 27.6 Å². The number of anilines is 1. The summed E-state index contributed by atoms with van der Waals surface area (Å²) in [6.45, 7) is 3.56. The van der Waals surface area contributed by atoms with Crippen LogP contribution in [0, 0.1) is 0 Å². The van der Waals surface area contributed by atoms with Crippen LogP contribution in [-0.2, 0) is 19.5 Å². The van der Waals surface area contributed by atoms with E-state index in [2.05, 4.69) is 4.72 Å². The standard InChI is InChI=1S/C21H24N2O7S/c1-3-30-21(25)15-5-4-6-16(13-15)22-31(26,27)17-7-8-19(28-2)18(14-17)20(24)23-9-11-29-12-10-23/h4-8,13-14,22H,3,9-12H2,1-2H3. The molecule has 9 nitrogen and oxygen atoms in total. The maximum atomic E-state index is 12.9. The Hall–Kier alpha value is -3.11. The van der Waals surface area contributed by atoms with Crippen molar-refractivity contribution in [1.29, 1.82) is 0 Å². The molecule has 0 radical (unpaired) electrons. The summed E-state index contributed by atoms with van der Waals surface area (Å²) < 4.78 is 43.8. The van der Waals surface area contributed by atoms with Gasteiger partial charge in [-0.1, -0.05) is 6.07 Å². The number of hydrogen-bond acceptors (Lipinski definition) is 7. The summed E-state index contributed by atoms with van der Waals surface area (Å²) in [5.74, 6) is -0.604. The highest BCUT2D eigenvalue weighted by molar-refractivity contribution is 7.92. The smallest absolute Gasteiger partial charge is 0.338 e. The molecule has 0 bridgehead atoms. The van der Waals surface area contributed by atoms with E-state index < -0.39 is 16.0 Å². The van der Waals surface area contributed by atoms with E-state index >= 15 is 0 Å². The van der Waals surface area contributed by atoms with Crippen LogP contribution in [0.2, 0.25) is 0 Å². The lowest BCUT2D eigenvalue weighted by Crippen LogP contribution is -2.40. The van der Waals surface area contributed by atoms with Crippen molar-refractivity contribution in [3.05, 3.63) is 53.6 Å². The summed E-state index contributed by atoms with van der Waals surface area (Å²) in [5, 5.41) is 0. The highest BCUT2D eigenvalue weighted by Crippen LogP contribution is 2.26. The number of amides is 1. The number of ether oxygens (including phenoxy) is 3. The van der Waals surface area contributed by atoms with E-state index in [0.29, 0.717) is 26.3 Å². The maximum Gasteiger partial charge on any atom is 0.338 e. The van der Waals surface area contributed by atoms with Gasteiger partial charge in [-0.2, -0.15) is 0 Å². The van der Waals surface area contributed by atoms with Crippen LogP contribution in [0.1, 0.15) is 27.6 Å². The highest BCUT2D eigenvalue weighted by atomic mass is 32.2. The Labute approximate surface area is 181 Å². The number of carbonyl (C=O) groups excluding carboxylic acids is 2. The molecule has 1 fully saturated rings. The van der Waals surface area contributed by atoms with Crippen molar-refractivity contribution in [3.8, 4) is 5.75 Å². The van der Waals surface area contributed by atoms with Gasteiger partial charge >= 0.3 is 5.97 Å². The molecule has 0 aromatic heterocycles. The Bertz CT molecular complexity index is 1060. The largest absolute Gasteiger partial charge is 0.496 e. The second-order valence-corrected chi connectivity index (χ2v) is 8.36. The van der Waals surface area contributed by atoms with E-state index in [1.807, 2.05) is 0 Å². The van der Waals surface area contributed by atoms with Crippen LogP contribution in [0.25, 0.3) is 0 Å². The maximum absolute atomic E-state index is 12.9. The molecule has 1 aliphatic heterocycles. The average Bonchev–Trinajstić information content (AvgIpc) is 2.78. The lowest BCUT2D eigenvalue weighted by atomic mass is 10.1. The lowest BCUT2D eigenvalue weighted by molar-refractivity contribution is 0.0300. The number of benzene rings is 2. The fourth-order valence-electron chi connectivity index (χ4n) is 3.10. The first-order valence-corrected chi connectivity index (χ1v) is 11.2. The molecule has 2 aromatic carbocycles. The Balaban J connectivity index is 1.88. The number of sulfonamides is 1. The Morgan fingerprint density at radius 2 is 1.87 bits per heavy atom. The molecule has 0 unspecified atom stereocenters. The van der Waals surface area contributed by atoms with Gasteiger partial charge in [-0.05, 0) is 43.3 Å². The van der Waals surface area contributed by atoms with Crippen LogP contribution >= 0.6 is 0 Å². The summed E-state index contributed by atoms with van der Waals surface area (Å²) in [6, 6.07) is 10.1. The molecule has 1 heterocycles. The molecule has 2 aromatic rings. The molecular formula is C21H24N2O7S. The van der Waals surface area contributed by atoms with Crippen molar-refractivity contribution < 1.29 is 32.2 Å². The molecule has 10 heteroatoms. The average molecular weight is 448 g/mol. The first-order valence-electron chi connectivity index (χ1n) is 9.70. The first kappa shape index (κ1) is 22.6. The number of morpholine rings is 1. The molecule has 0 atom stereocenters. The number of rotatable bonds is 7. The Morgan fingerprint density at radius 1 is 1.13 bits per heavy atom. The van der Waals surface area contributed by atoms with Crippen molar-refractivity contribution in [2.75, 3.05) is 44.7 Å². The van der Waals surface area contributed by atoms with E-state index in [0.717, 1.165) is 0 Å². The monoisotopic (exact) mass is 448 g/mol. The van der Waals surface area contributed by atoms with Gasteiger partial charge in [0.05, 0.1) is 43.0 Å². The topological polar surface area (TPSA) is 111 Å². The third-order valence-electron chi connectivity index (χ3n) is 4.64. The second kappa shape index (κ2) is 9.80. The summed E-state index contributed by atoms with van der Waals surface area (Å²) in [5.41, 5.74) is 0.565. The minimum atomic E-state index is -4.03. The fourth-order valence-corrected chi connectivity index (χ4v) is 4.17. The highest BCUT2D eigenvalue weighted by Gasteiger charge is 2.25. The van der Waals surface area contributed by atoms with E-state index in [1.165, 1.54) is 43.5 Å². The predicted molar refractivity (Wildman–Crippen MR) is 113 cm³/mol. The van der Waals surface area contributed by atoms with E-state index in [1.54, 1.807) is 17.9 Å². The van der Waals surface area contributed by atoms with Crippen LogP contribution in [0.5, 0.6) is 5.75 Å². The van der Waals surface area contributed by atoms with Gasteiger partial charge in [0.25, 0.3) is 15.9 Å². The molecule has 1 N–H and O–H groups in total. The lowest BCUT2D eigenvalue weighted by Gasteiger charge is -2.27. The molecule has 0 saturated carbocycles. The van der Waals surface area contributed by atoms with Gasteiger partial charge < -0.3 is 19.1 Å². The molecular weight excluding hydrogens is 424 g/mol. The zero-order chi connectivity index (χ0) is 22.4. The van der Waals surface area contributed by atoms with Gasteiger partial charge in [0.15, 0.2) is 0 Å².